The number of piperazine rings is 1. The molecule has 2 aliphatic heterocycles. The number of hydrogen-bond acceptors (Lipinski definition) is 8. The van der Waals surface area contributed by atoms with E-state index in [0.717, 1.165) is 104 Å². The Hall–Kier alpha value is -1.95. The van der Waals surface area contributed by atoms with Gasteiger partial charge in [-0.15, -0.1) is 0 Å². The number of esters is 1. The topological polar surface area (TPSA) is 107 Å². The van der Waals surface area contributed by atoms with Gasteiger partial charge in [0.15, 0.2) is 5.82 Å². The summed E-state index contributed by atoms with van der Waals surface area (Å²) in [6.07, 6.45) is 7.95. The summed E-state index contributed by atoms with van der Waals surface area (Å²) in [4.78, 5) is 30.7. The average Bonchev–Trinajstić information content (AvgIpc) is 3.27. The van der Waals surface area contributed by atoms with Crippen LogP contribution in [0.25, 0.3) is 11.1 Å². The molecular formula is C31H42ClIN7O3P. The molecule has 0 radical (unpaired) electrons. The number of benzene rings is 1. The van der Waals surface area contributed by atoms with E-state index in [2.05, 4.69) is 48.5 Å². The molecule has 4 aliphatic rings. The predicted molar refractivity (Wildman–Crippen MR) is 186 cm³/mol. The van der Waals surface area contributed by atoms with E-state index >= 15 is 0 Å². The Labute approximate surface area is 279 Å². The molecule has 2 aliphatic carbocycles. The Morgan fingerprint density at radius 3 is 2.50 bits per heavy atom. The standard InChI is InChI=1S/C31H42ClIN7O3P/c1-19-11-23(36-44-33)22(14-34)25(26(19)32)24-20(2)40(21-12-30(13-21)15-37(16-30)18-41)35-27(24)39-10-9-38(17-31(39)7-6-8-31)29(3,4)28(42)43-5/h11,14,18,21,34,36,44H,6-10,12-13,15-17H2,1-5H3. The number of likely N-dealkylation sites (tertiary alicyclic amines) is 1. The van der Waals surface area contributed by atoms with Gasteiger partial charge >= 0.3 is 5.97 Å². The molecule has 1 unspecified atom stereocenters. The van der Waals surface area contributed by atoms with Crippen molar-refractivity contribution in [3.05, 3.63) is 27.9 Å². The molecule has 10 nitrogen and oxygen atoms in total. The number of aromatic nitrogens is 2. The minimum atomic E-state index is -0.728. The second-order valence-corrected chi connectivity index (χ2v) is 16.1. The molecule has 1 aromatic heterocycles. The monoisotopic (exact) mass is 753 g/mol. The number of nitrogens with zero attached hydrogens (tertiary/aromatic N) is 5. The van der Waals surface area contributed by atoms with Crippen LogP contribution in [0, 0.1) is 24.7 Å². The van der Waals surface area contributed by atoms with E-state index in [9.17, 15) is 9.59 Å². The number of nitrogens with one attached hydrogen (secondary N) is 2. The molecule has 2 aromatic rings. The van der Waals surface area contributed by atoms with E-state index in [4.69, 9.17) is 26.8 Å². The fraction of sp³-hybridized carbons (Fsp3) is 0.613. The molecule has 0 bridgehead atoms. The highest BCUT2D eigenvalue weighted by Crippen LogP contribution is 2.56. The first kappa shape index (κ1) is 32.0. The molecule has 2 spiro atoms. The number of carbonyl (C=O) groups excluding carboxylic acids is 2. The van der Waals surface area contributed by atoms with Crippen LogP contribution < -0.4 is 9.99 Å². The summed E-state index contributed by atoms with van der Waals surface area (Å²) in [5.41, 5.74) is 4.84. The summed E-state index contributed by atoms with van der Waals surface area (Å²) in [7, 11) is 1.46. The van der Waals surface area contributed by atoms with Crippen molar-refractivity contribution in [1.29, 1.82) is 5.41 Å². The van der Waals surface area contributed by atoms with Crippen LogP contribution in [0.1, 0.15) is 68.8 Å². The first-order valence-corrected chi connectivity index (χ1v) is 19.8. The van der Waals surface area contributed by atoms with Gasteiger partial charge in [-0.1, -0.05) is 11.6 Å². The number of carbonyl (C=O) groups is 2. The first-order valence-electron chi connectivity index (χ1n) is 15.3. The van der Waals surface area contributed by atoms with E-state index in [0.29, 0.717) is 17.9 Å². The Bertz CT molecular complexity index is 1500. The van der Waals surface area contributed by atoms with Crippen LogP contribution in [0.4, 0.5) is 11.5 Å². The minimum absolute atomic E-state index is 0.158. The van der Waals surface area contributed by atoms with E-state index in [-0.39, 0.29) is 23.0 Å². The SMILES string of the molecule is COC(=O)C(C)(C)N1CCN(c2nn(C3CC4(C3)CN(C=O)C4)c(C)c2-c2c(Cl)c(C)cc(NPI)c2C=N)C2(CCC2)C1. The molecule has 1 atom stereocenters. The van der Waals surface area contributed by atoms with Crippen molar-refractivity contribution >= 4 is 70.1 Å². The lowest BCUT2D eigenvalue weighted by atomic mass is 9.61. The van der Waals surface area contributed by atoms with Gasteiger partial charge in [-0.25, -0.2) is 0 Å². The number of anilines is 2. The lowest BCUT2D eigenvalue weighted by molar-refractivity contribution is -0.154. The van der Waals surface area contributed by atoms with Gasteiger partial charge in [-0.3, -0.25) is 19.2 Å². The van der Waals surface area contributed by atoms with Gasteiger partial charge in [0.25, 0.3) is 0 Å². The zero-order valence-corrected chi connectivity index (χ0v) is 30.0. The van der Waals surface area contributed by atoms with Gasteiger partial charge in [0, 0.05) is 78.8 Å². The van der Waals surface area contributed by atoms with Crippen LogP contribution in [0.3, 0.4) is 0 Å². The summed E-state index contributed by atoms with van der Waals surface area (Å²) >= 11 is 9.50. The van der Waals surface area contributed by atoms with Gasteiger partial charge in [0.2, 0.25) is 6.41 Å². The minimum Gasteiger partial charge on any atom is -0.468 e. The molecule has 2 saturated heterocycles. The third kappa shape index (κ3) is 4.95. The summed E-state index contributed by atoms with van der Waals surface area (Å²) < 4.78 is 7.40. The highest BCUT2D eigenvalue weighted by atomic mass is 127. The van der Waals surface area contributed by atoms with Crippen molar-refractivity contribution < 1.29 is 14.3 Å². The maximum absolute atomic E-state index is 12.8. The largest absolute Gasteiger partial charge is 0.468 e. The molecule has 13 heteroatoms. The molecule has 1 aromatic carbocycles. The highest BCUT2D eigenvalue weighted by Gasteiger charge is 2.55. The molecule has 4 fully saturated rings. The first-order chi connectivity index (χ1) is 20.9. The maximum Gasteiger partial charge on any atom is 0.325 e. The Morgan fingerprint density at radius 2 is 1.93 bits per heavy atom. The van der Waals surface area contributed by atoms with Crippen LogP contribution >= 0.6 is 40.0 Å². The number of methoxy groups -OCH3 is 1. The molecule has 238 valence electrons. The number of halogens is 2. The van der Waals surface area contributed by atoms with Gasteiger partial charge in [-0.2, -0.15) is 5.10 Å². The Kier molecular flexibility index (Phi) is 8.50. The number of rotatable bonds is 9. The average molecular weight is 754 g/mol. The molecular weight excluding hydrogens is 712 g/mol. The molecule has 1 amide bonds. The normalized spacial score (nSPS) is 21.3. The summed E-state index contributed by atoms with van der Waals surface area (Å²) in [6.45, 7) is 11.9. The van der Waals surface area contributed by atoms with Crippen molar-refractivity contribution in [3.63, 3.8) is 0 Å². The molecule has 44 heavy (non-hydrogen) atoms. The van der Waals surface area contributed by atoms with Crippen molar-refractivity contribution in [1.82, 2.24) is 19.6 Å². The smallest absolute Gasteiger partial charge is 0.325 e. The molecule has 2 N–H and O–H groups in total. The van der Waals surface area contributed by atoms with Crippen LogP contribution in [-0.4, -0.2) is 89.1 Å². The Balaban J connectivity index is 1.46. The Morgan fingerprint density at radius 1 is 1.23 bits per heavy atom. The maximum atomic E-state index is 12.8. The van der Waals surface area contributed by atoms with Gasteiger partial charge in [0.1, 0.15) is 5.54 Å². The van der Waals surface area contributed by atoms with Crippen molar-refractivity contribution in [3.8, 4) is 11.1 Å². The quantitative estimate of drug-likeness (QED) is 0.107. The van der Waals surface area contributed by atoms with E-state index in [1.165, 1.54) is 13.3 Å². The number of hydrogen-bond donors (Lipinski definition) is 2. The van der Waals surface area contributed by atoms with Crippen LogP contribution in [0.5, 0.6) is 0 Å². The van der Waals surface area contributed by atoms with Crippen molar-refractivity contribution in [2.75, 3.05) is 49.8 Å². The second-order valence-electron chi connectivity index (χ2n) is 13.7. The van der Waals surface area contributed by atoms with E-state index in [1.807, 2.05) is 31.7 Å². The fourth-order valence-electron chi connectivity index (χ4n) is 8.13. The lowest BCUT2D eigenvalue weighted by Crippen LogP contribution is -2.70. The molecule has 3 heterocycles. The van der Waals surface area contributed by atoms with Gasteiger partial charge in [0.05, 0.1) is 23.7 Å². The van der Waals surface area contributed by atoms with Crippen LogP contribution in [0.2, 0.25) is 5.02 Å². The highest BCUT2D eigenvalue weighted by molar-refractivity contribution is 14.2. The van der Waals surface area contributed by atoms with Crippen LogP contribution in [-0.2, 0) is 14.3 Å². The zero-order chi connectivity index (χ0) is 31.6. The zero-order valence-electron chi connectivity index (χ0n) is 26.1. The van der Waals surface area contributed by atoms with Gasteiger partial charge in [-0.05, 0) is 93.5 Å². The summed E-state index contributed by atoms with van der Waals surface area (Å²) in [5, 5.41) is 18.0. The number of amides is 1. The number of ether oxygens (including phenoxy) is 1. The summed E-state index contributed by atoms with van der Waals surface area (Å²) in [6, 6.07) is 2.28. The number of aryl methyl sites for hydroxylation is 1. The van der Waals surface area contributed by atoms with E-state index < -0.39 is 5.54 Å². The summed E-state index contributed by atoms with van der Waals surface area (Å²) in [5.74, 6) is 0.697. The lowest BCUT2D eigenvalue weighted by Gasteiger charge is -2.58. The molecule has 6 rings (SSSR count). The van der Waals surface area contributed by atoms with Crippen molar-refractivity contribution in [2.24, 2.45) is 5.41 Å². The van der Waals surface area contributed by atoms with Crippen LogP contribution in [0.15, 0.2) is 6.07 Å². The fourth-order valence-corrected chi connectivity index (χ4v) is 9.57. The van der Waals surface area contributed by atoms with Gasteiger partial charge < -0.3 is 25.0 Å². The van der Waals surface area contributed by atoms with E-state index in [1.54, 1.807) is 0 Å². The second kappa shape index (κ2) is 11.7. The third-order valence-electron chi connectivity index (χ3n) is 10.8. The predicted octanol–water partition coefficient (Wildman–Crippen LogP) is 5.96. The van der Waals surface area contributed by atoms with Crippen molar-refractivity contribution in [2.45, 2.75) is 76.9 Å². The molecule has 2 saturated carbocycles. The third-order valence-corrected chi connectivity index (χ3v) is 12.4.